The summed E-state index contributed by atoms with van der Waals surface area (Å²) in [7, 11) is 0. The van der Waals surface area contributed by atoms with E-state index in [-0.39, 0.29) is 19.3 Å². The van der Waals surface area contributed by atoms with E-state index >= 15 is 0 Å². The van der Waals surface area contributed by atoms with Crippen LogP contribution in [-0.4, -0.2) is 12.2 Å². The maximum Gasteiger partial charge on any atom is 0.394 e. The zero-order valence-corrected chi connectivity index (χ0v) is 11.7. The van der Waals surface area contributed by atoms with Gasteiger partial charge in [-0.1, -0.05) is 38.3 Å². The number of allylic oxidation sites excluding steroid dienone is 4. The van der Waals surface area contributed by atoms with E-state index in [2.05, 4.69) is 20.1 Å². The smallest absolute Gasteiger partial charge is 0.316 e. The minimum Gasteiger partial charge on any atom is -0.316 e. The van der Waals surface area contributed by atoms with Gasteiger partial charge in [0.2, 0.25) is 0 Å². The molecule has 0 radical (unpaired) electrons. The summed E-state index contributed by atoms with van der Waals surface area (Å²) < 4.78 is 36.7. The second-order valence-corrected chi connectivity index (χ2v) is 4.75. The Morgan fingerprint density at radius 2 is 2.00 bits per heavy atom. The van der Waals surface area contributed by atoms with Gasteiger partial charge in [0.25, 0.3) is 0 Å². The first-order valence-corrected chi connectivity index (χ1v) is 6.42. The lowest BCUT2D eigenvalue weighted by Gasteiger charge is -2.19. The molecule has 5 heteroatoms. The lowest BCUT2D eigenvalue weighted by molar-refractivity contribution is -0.189. The summed E-state index contributed by atoms with van der Waals surface area (Å²) in [5, 5.41) is 8.25. The predicted molar refractivity (Wildman–Crippen MR) is 74.7 cm³/mol. The van der Waals surface area contributed by atoms with Gasteiger partial charge in [-0.3, -0.25) is 0 Å². The highest BCUT2D eigenvalue weighted by atomic mass is 19.4. The van der Waals surface area contributed by atoms with E-state index in [9.17, 15) is 13.2 Å². The van der Waals surface area contributed by atoms with Gasteiger partial charge >= 0.3 is 6.18 Å². The summed E-state index contributed by atoms with van der Waals surface area (Å²) in [6.07, 6.45) is 2.41. The van der Waals surface area contributed by atoms with Crippen molar-refractivity contribution in [2.75, 3.05) is 0 Å². The summed E-state index contributed by atoms with van der Waals surface area (Å²) in [6, 6.07) is 0.619. The normalized spacial score (nSPS) is 18.1. The molecule has 0 aromatic heterocycles. The van der Waals surface area contributed by atoms with E-state index in [1.54, 1.807) is 12.1 Å². The van der Waals surface area contributed by atoms with Gasteiger partial charge in [-0.2, -0.15) is 18.4 Å². The van der Waals surface area contributed by atoms with Crippen molar-refractivity contribution in [1.29, 1.82) is 5.26 Å². The first kappa shape index (κ1) is 18.5. The van der Waals surface area contributed by atoms with E-state index in [0.717, 1.165) is 6.42 Å². The van der Waals surface area contributed by atoms with Crippen molar-refractivity contribution in [3.05, 3.63) is 37.0 Å². The fourth-order valence-corrected chi connectivity index (χ4v) is 1.70. The largest absolute Gasteiger partial charge is 0.394 e. The van der Waals surface area contributed by atoms with Crippen LogP contribution in [0.4, 0.5) is 13.2 Å². The molecular formula is C15H21F3N2. The van der Waals surface area contributed by atoms with Crippen LogP contribution < -0.4 is 5.73 Å². The average molecular weight is 286 g/mol. The number of nitrogens with two attached hydrogens (primary N) is 1. The lowest BCUT2D eigenvalue weighted by Crippen LogP contribution is -2.32. The summed E-state index contributed by atoms with van der Waals surface area (Å²) in [6.45, 7) is 9.30. The van der Waals surface area contributed by atoms with Crippen LogP contribution in [0.2, 0.25) is 0 Å². The molecule has 1 saturated carbocycles. The quantitative estimate of drug-likeness (QED) is 0.767. The van der Waals surface area contributed by atoms with Gasteiger partial charge in [-0.05, 0) is 31.3 Å². The van der Waals surface area contributed by atoms with Gasteiger partial charge in [0.1, 0.15) is 0 Å². The fraction of sp³-hybridized carbons (Fsp3) is 0.533. The molecule has 2 N–H and O–H groups in total. The van der Waals surface area contributed by atoms with Gasteiger partial charge in [-0.25, -0.2) is 0 Å². The molecule has 0 bridgehead atoms. The Morgan fingerprint density at radius 3 is 2.20 bits per heavy atom. The Kier molecular flexibility index (Phi) is 7.30. The second-order valence-electron chi connectivity index (χ2n) is 4.75. The van der Waals surface area contributed by atoms with Crippen LogP contribution in [-0.2, 0) is 0 Å². The molecule has 112 valence electrons. The maximum atomic E-state index is 12.2. The number of nitrogens with zero attached hydrogens (tertiary/aromatic N) is 1. The SMILES string of the molecule is C=C/C=C(\C=C)CC.N#CC(N)CC1(C(F)(F)F)CC1. The highest BCUT2D eigenvalue weighted by molar-refractivity contribution is 5.20. The molecule has 0 amide bonds. The first-order valence-electron chi connectivity index (χ1n) is 6.42. The molecule has 0 aromatic carbocycles. The van der Waals surface area contributed by atoms with Gasteiger partial charge in [-0.15, -0.1) is 0 Å². The molecule has 2 nitrogen and oxygen atoms in total. The summed E-state index contributed by atoms with van der Waals surface area (Å²) in [5.41, 5.74) is 4.73. The number of halogens is 3. The van der Waals surface area contributed by atoms with Crippen molar-refractivity contribution in [2.24, 2.45) is 11.1 Å². The molecule has 20 heavy (non-hydrogen) atoms. The van der Waals surface area contributed by atoms with Crippen molar-refractivity contribution >= 4 is 0 Å². The van der Waals surface area contributed by atoms with Gasteiger partial charge in [0, 0.05) is 0 Å². The maximum absolute atomic E-state index is 12.2. The molecule has 0 aliphatic heterocycles. The van der Waals surface area contributed by atoms with E-state index in [1.807, 2.05) is 12.2 Å². The average Bonchev–Trinajstić information content (AvgIpc) is 3.17. The molecule has 0 saturated heterocycles. The Labute approximate surface area is 118 Å². The first-order chi connectivity index (χ1) is 9.26. The van der Waals surface area contributed by atoms with Crippen LogP contribution in [0.25, 0.3) is 0 Å². The van der Waals surface area contributed by atoms with Crippen LogP contribution >= 0.6 is 0 Å². The third-order valence-electron chi connectivity index (χ3n) is 3.23. The fourth-order valence-electron chi connectivity index (χ4n) is 1.70. The second kappa shape index (κ2) is 7.91. The number of hydrogen-bond donors (Lipinski definition) is 1. The highest BCUT2D eigenvalue weighted by Gasteiger charge is 2.63. The van der Waals surface area contributed by atoms with E-state index in [4.69, 9.17) is 11.0 Å². The third kappa shape index (κ3) is 5.62. The predicted octanol–water partition coefficient (Wildman–Crippen LogP) is 4.26. The minimum absolute atomic E-state index is 0.117. The lowest BCUT2D eigenvalue weighted by atomic mass is 9.97. The van der Waals surface area contributed by atoms with E-state index in [0.29, 0.717) is 0 Å². The van der Waals surface area contributed by atoms with Crippen molar-refractivity contribution in [2.45, 2.75) is 44.8 Å². The Morgan fingerprint density at radius 1 is 1.45 bits per heavy atom. The monoisotopic (exact) mass is 286 g/mol. The molecule has 1 unspecified atom stereocenters. The molecule has 1 aliphatic carbocycles. The van der Waals surface area contributed by atoms with Crippen LogP contribution in [0.3, 0.4) is 0 Å². The van der Waals surface area contributed by atoms with Crippen LogP contribution in [0.15, 0.2) is 37.0 Å². The van der Waals surface area contributed by atoms with Gasteiger partial charge in [0.05, 0.1) is 17.5 Å². The molecule has 0 heterocycles. The van der Waals surface area contributed by atoms with E-state index < -0.39 is 17.6 Å². The number of rotatable bonds is 5. The summed E-state index contributed by atoms with van der Waals surface area (Å²) >= 11 is 0. The Balaban J connectivity index is 0.000000396. The van der Waals surface area contributed by atoms with Crippen LogP contribution in [0, 0.1) is 16.7 Å². The van der Waals surface area contributed by atoms with Crippen LogP contribution in [0.5, 0.6) is 0 Å². The molecule has 1 atom stereocenters. The van der Waals surface area contributed by atoms with Crippen molar-refractivity contribution < 1.29 is 13.2 Å². The summed E-state index contributed by atoms with van der Waals surface area (Å²) in [4.78, 5) is 0. The molecule has 1 fully saturated rings. The standard InChI is InChI=1S/C8H12.C7H9F3N2/c1-4-7-8(5-2)6-3;8-7(9,10)6(1-2-6)3-5(12)4-11/h4-5,7H,1-2,6H2,3H3;5H,1-3,12H2/b8-7+;. The summed E-state index contributed by atoms with van der Waals surface area (Å²) in [5.74, 6) is 0. The van der Waals surface area contributed by atoms with Crippen molar-refractivity contribution in [1.82, 2.24) is 0 Å². The number of nitriles is 1. The number of alkyl halides is 3. The Hall–Kier alpha value is -1.54. The van der Waals surface area contributed by atoms with Gasteiger partial charge in [0.15, 0.2) is 0 Å². The van der Waals surface area contributed by atoms with Gasteiger partial charge < -0.3 is 5.73 Å². The minimum atomic E-state index is -4.19. The number of hydrogen-bond acceptors (Lipinski definition) is 2. The zero-order valence-electron chi connectivity index (χ0n) is 11.7. The Bertz CT molecular complexity index is 398. The molecule has 1 aliphatic rings. The molecule has 0 spiro atoms. The molecule has 1 rings (SSSR count). The van der Waals surface area contributed by atoms with E-state index in [1.165, 1.54) is 5.57 Å². The topological polar surface area (TPSA) is 49.8 Å². The van der Waals surface area contributed by atoms with Crippen molar-refractivity contribution in [3.8, 4) is 6.07 Å². The third-order valence-corrected chi connectivity index (χ3v) is 3.23. The highest BCUT2D eigenvalue weighted by Crippen LogP contribution is 2.60. The molecule has 0 aromatic rings. The zero-order chi connectivity index (χ0) is 15.8. The van der Waals surface area contributed by atoms with Crippen molar-refractivity contribution in [3.63, 3.8) is 0 Å². The van der Waals surface area contributed by atoms with Crippen LogP contribution in [0.1, 0.15) is 32.6 Å². The molecular weight excluding hydrogens is 265 g/mol.